The maximum atomic E-state index is 5.95. The lowest BCUT2D eigenvalue weighted by Gasteiger charge is -2.38. The van der Waals surface area contributed by atoms with E-state index in [4.69, 9.17) is 10.2 Å². The average molecular weight is 357 g/mol. The zero-order valence-electron chi connectivity index (χ0n) is 11.0. The highest BCUT2D eigenvalue weighted by Crippen LogP contribution is 2.29. The summed E-state index contributed by atoms with van der Waals surface area (Å²) in [6.07, 6.45) is 3.56. The molecule has 2 aromatic heterocycles. The van der Waals surface area contributed by atoms with E-state index in [0.29, 0.717) is 6.54 Å². The van der Waals surface area contributed by atoms with Gasteiger partial charge in [-0.3, -0.25) is 4.90 Å². The predicted octanol–water partition coefficient (Wildman–Crippen LogP) is 2.32. The van der Waals surface area contributed by atoms with Crippen molar-refractivity contribution in [2.24, 2.45) is 5.73 Å². The second-order valence-electron chi connectivity index (χ2n) is 4.72. The van der Waals surface area contributed by atoms with Gasteiger partial charge in [-0.25, -0.2) is 4.98 Å². The third kappa shape index (κ3) is 2.76. The molecule has 5 nitrogen and oxygen atoms in total. The van der Waals surface area contributed by atoms with Crippen molar-refractivity contribution in [2.75, 3.05) is 37.6 Å². The molecule has 108 valence electrons. The molecule has 1 atom stereocenters. The van der Waals surface area contributed by atoms with E-state index < -0.39 is 0 Å². The molecule has 7 heteroatoms. The Labute approximate surface area is 130 Å². The van der Waals surface area contributed by atoms with Gasteiger partial charge >= 0.3 is 0 Å². The zero-order valence-corrected chi connectivity index (χ0v) is 13.4. The van der Waals surface area contributed by atoms with E-state index >= 15 is 0 Å². The van der Waals surface area contributed by atoms with Crippen molar-refractivity contribution in [3.63, 3.8) is 0 Å². The van der Waals surface area contributed by atoms with Crippen LogP contribution >= 0.6 is 27.3 Å². The zero-order chi connectivity index (χ0) is 13.9. The van der Waals surface area contributed by atoms with Crippen LogP contribution in [-0.2, 0) is 0 Å². The van der Waals surface area contributed by atoms with Crippen LogP contribution < -0.4 is 10.6 Å². The van der Waals surface area contributed by atoms with Gasteiger partial charge in [-0.2, -0.15) is 0 Å². The predicted molar refractivity (Wildman–Crippen MR) is 84.1 cm³/mol. The van der Waals surface area contributed by atoms with E-state index in [1.807, 2.05) is 17.6 Å². The Morgan fingerprint density at radius 2 is 2.20 bits per heavy atom. The van der Waals surface area contributed by atoms with Crippen LogP contribution in [0.1, 0.15) is 11.8 Å². The van der Waals surface area contributed by atoms with Gasteiger partial charge in [-0.1, -0.05) is 0 Å². The largest absolute Gasteiger partial charge is 0.466 e. The molecule has 3 rings (SSSR count). The van der Waals surface area contributed by atoms with Crippen LogP contribution in [0.25, 0.3) is 0 Å². The number of halogens is 1. The highest BCUT2D eigenvalue weighted by atomic mass is 79.9. The summed E-state index contributed by atoms with van der Waals surface area (Å²) >= 11 is 5.21. The summed E-state index contributed by atoms with van der Waals surface area (Å²) < 4.78 is 6.57. The molecule has 1 fully saturated rings. The van der Waals surface area contributed by atoms with Gasteiger partial charge in [0.2, 0.25) is 0 Å². The van der Waals surface area contributed by atoms with Gasteiger partial charge < -0.3 is 15.1 Å². The average Bonchev–Trinajstić information content (AvgIpc) is 3.13. The quantitative estimate of drug-likeness (QED) is 0.910. The molecule has 0 aliphatic carbocycles. The number of aromatic nitrogens is 1. The molecule has 2 N–H and O–H groups in total. The number of thiazole rings is 1. The minimum atomic E-state index is 0.137. The third-order valence-electron chi connectivity index (χ3n) is 3.62. The summed E-state index contributed by atoms with van der Waals surface area (Å²) in [6, 6.07) is 2.06. The van der Waals surface area contributed by atoms with E-state index in [1.54, 1.807) is 17.6 Å². The minimum Gasteiger partial charge on any atom is -0.466 e. The number of nitrogens with zero attached hydrogens (tertiary/aromatic N) is 3. The van der Waals surface area contributed by atoms with Crippen LogP contribution in [0.15, 0.2) is 32.8 Å². The molecule has 2 aromatic rings. The van der Waals surface area contributed by atoms with Gasteiger partial charge in [0.25, 0.3) is 0 Å². The summed E-state index contributed by atoms with van der Waals surface area (Å²) in [6.45, 7) is 4.44. The van der Waals surface area contributed by atoms with Crippen molar-refractivity contribution < 1.29 is 4.42 Å². The third-order valence-corrected chi connectivity index (χ3v) is 5.10. The van der Waals surface area contributed by atoms with E-state index in [9.17, 15) is 0 Å². The lowest BCUT2D eigenvalue weighted by Crippen LogP contribution is -2.49. The normalized spacial score (nSPS) is 18.4. The molecule has 1 aliphatic rings. The lowest BCUT2D eigenvalue weighted by atomic mass is 10.1. The molecular formula is C13H17BrN4OS. The van der Waals surface area contributed by atoms with Crippen molar-refractivity contribution in [1.82, 2.24) is 9.88 Å². The minimum absolute atomic E-state index is 0.137. The van der Waals surface area contributed by atoms with Crippen LogP contribution in [0.5, 0.6) is 0 Å². The van der Waals surface area contributed by atoms with Gasteiger partial charge in [0.1, 0.15) is 5.76 Å². The molecule has 1 saturated heterocycles. The Morgan fingerprint density at radius 1 is 1.40 bits per heavy atom. The van der Waals surface area contributed by atoms with Crippen LogP contribution in [0.4, 0.5) is 5.13 Å². The Kier molecular flexibility index (Phi) is 4.40. The number of piperazine rings is 1. The first-order valence-electron chi connectivity index (χ1n) is 6.61. The van der Waals surface area contributed by atoms with Gasteiger partial charge in [-0.15, -0.1) is 11.3 Å². The second-order valence-corrected chi connectivity index (χ2v) is 6.45. The maximum Gasteiger partial charge on any atom is 0.185 e. The van der Waals surface area contributed by atoms with Crippen molar-refractivity contribution in [3.05, 3.63) is 34.1 Å². The molecule has 3 heterocycles. The van der Waals surface area contributed by atoms with Crippen LogP contribution in [0.3, 0.4) is 0 Å². The Morgan fingerprint density at radius 3 is 2.75 bits per heavy atom. The smallest absolute Gasteiger partial charge is 0.185 e. The molecule has 0 amide bonds. The summed E-state index contributed by atoms with van der Waals surface area (Å²) in [5.74, 6) is 0.926. The highest BCUT2D eigenvalue weighted by Gasteiger charge is 2.28. The summed E-state index contributed by atoms with van der Waals surface area (Å²) in [7, 11) is 0. The Hall–Kier alpha value is -0.890. The number of rotatable bonds is 4. The van der Waals surface area contributed by atoms with Crippen molar-refractivity contribution >= 4 is 32.4 Å². The second kappa shape index (κ2) is 6.26. The molecule has 20 heavy (non-hydrogen) atoms. The van der Waals surface area contributed by atoms with Crippen molar-refractivity contribution in [2.45, 2.75) is 6.04 Å². The molecule has 1 unspecified atom stereocenters. The van der Waals surface area contributed by atoms with E-state index in [-0.39, 0.29) is 6.04 Å². The van der Waals surface area contributed by atoms with Crippen LogP contribution in [0.2, 0.25) is 0 Å². The fraction of sp³-hybridized carbons (Fsp3) is 0.462. The number of furan rings is 1. The van der Waals surface area contributed by atoms with Crippen LogP contribution in [0, 0.1) is 0 Å². The van der Waals surface area contributed by atoms with E-state index in [0.717, 1.165) is 41.5 Å². The molecular weight excluding hydrogens is 340 g/mol. The maximum absolute atomic E-state index is 5.95. The molecule has 0 saturated carbocycles. The first-order valence-corrected chi connectivity index (χ1v) is 8.28. The molecule has 1 aliphatic heterocycles. The number of anilines is 1. The number of hydrogen-bond donors (Lipinski definition) is 1. The lowest BCUT2D eigenvalue weighted by molar-refractivity contribution is 0.169. The van der Waals surface area contributed by atoms with Gasteiger partial charge in [0, 0.05) is 44.3 Å². The Balaban J connectivity index is 1.66. The summed E-state index contributed by atoms with van der Waals surface area (Å²) in [5.41, 5.74) is 5.95. The summed E-state index contributed by atoms with van der Waals surface area (Å²) in [4.78, 5) is 9.08. The number of nitrogens with two attached hydrogens (primary N) is 1. The fourth-order valence-corrected chi connectivity index (χ4v) is 3.72. The van der Waals surface area contributed by atoms with Gasteiger partial charge in [-0.05, 0) is 22.0 Å². The SMILES string of the molecule is NCC(c1occc1Br)N1CCN(c2nccs2)CC1. The summed E-state index contributed by atoms with van der Waals surface area (Å²) in [5, 5.41) is 3.12. The van der Waals surface area contributed by atoms with Gasteiger partial charge in [0.05, 0.1) is 16.8 Å². The Bertz CT molecular complexity index is 536. The number of hydrogen-bond acceptors (Lipinski definition) is 6. The van der Waals surface area contributed by atoms with Crippen LogP contribution in [-0.4, -0.2) is 42.6 Å². The molecule has 0 bridgehead atoms. The topological polar surface area (TPSA) is 58.5 Å². The standard InChI is InChI=1S/C13H17BrN4OS/c14-10-1-7-19-12(10)11(9-15)17-3-5-18(6-4-17)13-16-2-8-20-13/h1-2,7-8,11H,3-6,9,15H2. The fourth-order valence-electron chi connectivity index (χ4n) is 2.56. The van der Waals surface area contributed by atoms with E-state index in [1.165, 1.54) is 0 Å². The van der Waals surface area contributed by atoms with Gasteiger partial charge in [0.15, 0.2) is 5.13 Å². The highest BCUT2D eigenvalue weighted by molar-refractivity contribution is 9.10. The van der Waals surface area contributed by atoms with Crippen molar-refractivity contribution in [1.29, 1.82) is 0 Å². The monoisotopic (exact) mass is 356 g/mol. The first kappa shape index (κ1) is 14.1. The molecule has 0 aromatic carbocycles. The molecule has 0 radical (unpaired) electrons. The first-order chi connectivity index (χ1) is 9.79. The van der Waals surface area contributed by atoms with E-state index in [2.05, 4.69) is 30.7 Å². The van der Waals surface area contributed by atoms with Crippen molar-refractivity contribution in [3.8, 4) is 0 Å². The molecule has 0 spiro atoms.